The molecule has 10 aromatic carbocycles. The fourth-order valence-corrected chi connectivity index (χ4v) is 11.0. The summed E-state index contributed by atoms with van der Waals surface area (Å²) in [5.41, 5.74) is 13.2. The Morgan fingerprint density at radius 2 is 0.522 bits per heavy atom. The molecule has 0 saturated carbocycles. The van der Waals surface area contributed by atoms with Crippen LogP contribution in [0.3, 0.4) is 0 Å². The number of para-hydroxylation sites is 4. The van der Waals surface area contributed by atoms with Crippen molar-refractivity contribution in [2.24, 2.45) is 0 Å². The molecule has 16 rings (SSSR count). The molecule has 0 atom stereocenters. The number of nitrogens with zero attached hydrogens (tertiary/aromatic N) is 2. The van der Waals surface area contributed by atoms with Crippen LogP contribution in [0.15, 0.2) is 212 Å². The third kappa shape index (κ3) is 4.89. The summed E-state index contributed by atoms with van der Waals surface area (Å²) in [4.78, 5) is 0. The molecule has 7 nitrogen and oxygen atoms in total. The largest absolute Gasteiger partial charge is 0.457 e. The Kier molecular flexibility index (Phi) is 6.69. The van der Waals surface area contributed by atoms with Gasteiger partial charge in [0.05, 0.1) is 22.1 Å². The fourth-order valence-electron chi connectivity index (χ4n) is 11.0. The van der Waals surface area contributed by atoms with Gasteiger partial charge in [0.15, 0.2) is 0 Å². The highest BCUT2D eigenvalue weighted by Gasteiger charge is 2.20. The van der Waals surface area contributed by atoms with Gasteiger partial charge in [-0.2, -0.15) is 0 Å². The van der Waals surface area contributed by atoms with Crippen molar-refractivity contribution in [3.8, 4) is 22.9 Å². The predicted molar refractivity (Wildman–Crippen MR) is 271 cm³/mol. The summed E-state index contributed by atoms with van der Waals surface area (Å²) in [6.07, 6.45) is 0. The molecule has 0 aliphatic rings. The summed E-state index contributed by atoms with van der Waals surface area (Å²) in [5.74, 6) is 1.39. The Morgan fingerprint density at radius 3 is 0.866 bits per heavy atom. The number of aromatic nitrogens is 2. The first-order valence-corrected chi connectivity index (χ1v) is 22.5. The van der Waals surface area contributed by atoms with Gasteiger partial charge in [-0.15, -0.1) is 0 Å². The van der Waals surface area contributed by atoms with Crippen molar-refractivity contribution in [3.05, 3.63) is 194 Å². The van der Waals surface area contributed by atoms with E-state index in [1.807, 2.05) is 36.4 Å². The van der Waals surface area contributed by atoms with Gasteiger partial charge in [-0.1, -0.05) is 72.8 Å². The van der Waals surface area contributed by atoms with Crippen LogP contribution < -0.4 is 4.74 Å². The molecule has 6 heterocycles. The molecule has 0 radical (unpaired) electrons. The van der Waals surface area contributed by atoms with E-state index in [-0.39, 0.29) is 0 Å². The average molecular weight is 861 g/mol. The van der Waals surface area contributed by atoms with Gasteiger partial charge >= 0.3 is 0 Å². The smallest absolute Gasteiger partial charge is 0.136 e. The Morgan fingerprint density at radius 1 is 0.239 bits per heavy atom. The molecule has 16 aromatic rings. The van der Waals surface area contributed by atoms with E-state index in [0.717, 1.165) is 99.1 Å². The van der Waals surface area contributed by atoms with E-state index in [4.69, 9.17) is 22.4 Å². The minimum atomic E-state index is 0.696. The summed E-state index contributed by atoms with van der Waals surface area (Å²) in [6, 6.07) is 67.5. The summed E-state index contributed by atoms with van der Waals surface area (Å²) in [7, 11) is 0. The second-order valence-electron chi connectivity index (χ2n) is 17.6. The molecule has 6 aromatic heterocycles. The molecule has 0 amide bonds. The first kappa shape index (κ1) is 35.2. The highest BCUT2D eigenvalue weighted by Crippen LogP contribution is 2.43. The Bertz CT molecular complexity index is 4390. The highest BCUT2D eigenvalue weighted by atomic mass is 16.5. The van der Waals surface area contributed by atoms with Crippen LogP contribution in [0, 0.1) is 0 Å². The van der Waals surface area contributed by atoms with Gasteiger partial charge in [-0.05, 0) is 121 Å². The number of fused-ring (bicyclic) bond motifs is 18. The van der Waals surface area contributed by atoms with Crippen LogP contribution in [0.4, 0.5) is 0 Å². The van der Waals surface area contributed by atoms with Gasteiger partial charge in [0.2, 0.25) is 0 Å². The molecule has 7 heteroatoms. The molecule has 0 unspecified atom stereocenters. The van der Waals surface area contributed by atoms with Crippen molar-refractivity contribution in [2.75, 3.05) is 0 Å². The lowest BCUT2D eigenvalue weighted by Gasteiger charge is -2.07. The maximum atomic E-state index is 6.59. The minimum absolute atomic E-state index is 0.696. The lowest BCUT2D eigenvalue weighted by Crippen LogP contribution is -1.93. The quantitative estimate of drug-likeness (QED) is 0.176. The van der Waals surface area contributed by atoms with E-state index in [1.54, 1.807) is 0 Å². The molecule has 0 N–H and O–H groups in total. The second-order valence-corrected chi connectivity index (χ2v) is 17.6. The average Bonchev–Trinajstić information content (AvgIpc) is 4.22. The molecule has 0 saturated heterocycles. The van der Waals surface area contributed by atoms with E-state index in [9.17, 15) is 0 Å². The van der Waals surface area contributed by atoms with E-state index in [1.165, 1.54) is 43.6 Å². The lowest BCUT2D eigenvalue weighted by atomic mass is 10.1. The Balaban J connectivity index is 0.757. The monoisotopic (exact) mass is 860 g/mol. The Labute approximate surface area is 378 Å². The number of rotatable bonds is 4. The summed E-state index contributed by atoms with van der Waals surface area (Å²) >= 11 is 0. The molecule has 0 spiro atoms. The van der Waals surface area contributed by atoms with Crippen LogP contribution in [0.25, 0.3) is 143 Å². The van der Waals surface area contributed by atoms with Crippen LogP contribution in [-0.4, -0.2) is 9.13 Å². The maximum absolute atomic E-state index is 6.59. The standard InChI is InChI=1S/C60H32N2O5/c1-5-13-49-37(9-1)38-10-2-6-14-50(38)61(49)33-17-21-53-41(25-33)45-29-59-47(31-57(45)64-53)43-27-35(19-23-55(43)66-59)63-36-20-24-56-44(28-36)48-32-58-46(30-60(48)67-56)42-26-34(18-22-54(42)65-58)62-51-15-7-3-11-39(51)40-12-4-8-16-52(40)62/h1-32H. The zero-order valence-electron chi connectivity index (χ0n) is 35.4. The van der Waals surface area contributed by atoms with E-state index >= 15 is 0 Å². The van der Waals surface area contributed by atoms with Crippen LogP contribution in [-0.2, 0) is 0 Å². The van der Waals surface area contributed by atoms with Crippen molar-refractivity contribution in [1.29, 1.82) is 0 Å². The zero-order chi connectivity index (χ0) is 43.5. The Hall–Kier alpha value is -9.20. The summed E-state index contributed by atoms with van der Waals surface area (Å²) < 4.78 is 37.3. The van der Waals surface area contributed by atoms with Gasteiger partial charge in [0.1, 0.15) is 56.2 Å². The number of ether oxygens (including phenoxy) is 1. The van der Waals surface area contributed by atoms with Gasteiger partial charge in [0, 0.05) is 76.0 Å². The third-order valence-corrected chi connectivity index (χ3v) is 13.9. The van der Waals surface area contributed by atoms with Crippen molar-refractivity contribution in [1.82, 2.24) is 9.13 Å². The number of hydrogen-bond donors (Lipinski definition) is 0. The van der Waals surface area contributed by atoms with Crippen molar-refractivity contribution in [3.63, 3.8) is 0 Å². The van der Waals surface area contributed by atoms with Crippen molar-refractivity contribution >= 4 is 131 Å². The topological polar surface area (TPSA) is 71.7 Å². The summed E-state index contributed by atoms with van der Waals surface area (Å²) in [6.45, 7) is 0. The molecular weight excluding hydrogens is 829 g/mol. The van der Waals surface area contributed by atoms with E-state index < -0.39 is 0 Å². The highest BCUT2D eigenvalue weighted by molar-refractivity contribution is 6.18. The minimum Gasteiger partial charge on any atom is -0.457 e. The van der Waals surface area contributed by atoms with Crippen LogP contribution in [0.2, 0.25) is 0 Å². The normalized spacial score (nSPS) is 12.5. The zero-order valence-corrected chi connectivity index (χ0v) is 35.4. The van der Waals surface area contributed by atoms with Crippen LogP contribution in [0.5, 0.6) is 11.5 Å². The second kappa shape index (κ2) is 12.7. The van der Waals surface area contributed by atoms with Gasteiger partial charge in [-0.25, -0.2) is 0 Å². The number of benzene rings is 10. The molecule has 312 valence electrons. The van der Waals surface area contributed by atoms with Gasteiger partial charge < -0.3 is 31.5 Å². The van der Waals surface area contributed by atoms with Crippen molar-refractivity contribution in [2.45, 2.75) is 0 Å². The SMILES string of the molecule is c1ccc2c(c1)c1ccccc1n2-c1ccc2oc3cc4c(cc3c2c1)oc1ccc(Oc2ccc3oc5cc6c(cc5c3c2)oc2ccc(-n3c5ccccc5c5ccccc53)cc26)cc14. The number of furan rings is 4. The molecule has 0 fully saturated rings. The number of hydrogen-bond acceptors (Lipinski definition) is 5. The molecule has 67 heavy (non-hydrogen) atoms. The van der Waals surface area contributed by atoms with Crippen LogP contribution in [0.1, 0.15) is 0 Å². The lowest BCUT2D eigenvalue weighted by molar-refractivity contribution is 0.483. The third-order valence-electron chi connectivity index (χ3n) is 13.9. The first-order chi connectivity index (χ1) is 33.1. The predicted octanol–water partition coefficient (Wildman–Crippen LogP) is 17.3. The van der Waals surface area contributed by atoms with E-state index in [0.29, 0.717) is 11.5 Å². The van der Waals surface area contributed by atoms with E-state index in [2.05, 4.69) is 167 Å². The molecule has 0 aliphatic heterocycles. The fraction of sp³-hybridized carbons (Fsp3) is 0. The molecule has 0 bridgehead atoms. The first-order valence-electron chi connectivity index (χ1n) is 22.5. The maximum Gasteiger partial charge on any atom is 0.136 e. The molecule has 0 aliphatic carbocycles. The van der Waals surface area contributed by atoms with Gasteiger partial charge in [-0.3, -0.25) is 0 Å². The van der Waals surface area contributed by atoms with Crippen LogP contribution >= 0.6 is 0 Å². The summed E-state index contributed by atoms with van der Waals surface area (Å²) in [5, 5.41) is 12.8. The van der Waals surface area contributed by atoms with Gasteiger partial charge in [0.25, 0.3) is 0 Å². The molecular formula is C60H32N2O5. The van der Waals surface area contributed by atoms with Crippen molar-refractivity contribution < 1.29 is 22.4 Å².